The molecule has 144 valence electrons. The summed E-state index contributed by atoms with van der Waals surface area (Å²) in [5.41, 5.74) is 2.10. The molecule has 1 amide bonds. The van der Waals surface area contributed by atoms with Gasteiger partial charge in [0.25, 0.3) is 5.91 Å². The molecular weight excluding hydrogens is 348 g/mol. The molecule has 5 nitrogen and oxygen atoms in total. The van der Waals surface area contributed by atoms with Crippen molar-refractivity contribution in [3.05, 3.63) is 83.8 Å². The Hall–Kier alpha value is -3.21. The zero-order chi connectivity index (χ0) is 20.1. The lowest BCUT2D eigenvalue weighted by Crippen LogP contribution is -2.32. The number of nitrogens with zero attached hydrogens (tertiary/aromatic N) is 3. The Morgan fingerprint density at radius 2 is 1.57 bits per heavy atom. The first kappa shape index (κ1) is 19.5. The van der Waals surface area contributed by atoms with Crippen molar-refractivity contribution < 1.29 is 4.79 Å². The Morgan fingerprint density at radius 3 is 2.18 bits per heavy atom. The molecule has 0 fully saturated rings. The molecule has 0 radical (unpaired) electrons. The van der Waals surface area contributed by atoms with Crippen LogP contribution in [0.4, 0.5) is 11.5 Å². The van der Waals surface area contributed by atoms with E-state index in [1.165, 1.54) is 0 Å². The zero-order valence-electron chi connectivity index (χ0n) is 16.8. The predicted octanol–water partition coefficient (Wildman–Crippen LogP) is 4.84. The van der Waals surface area contributed by atoms with Gasteiger partial charge in [0.1, 0.15) is 17.3 Å². The van der Waals surface area contributed by atoms with Crippen LogP contribution >= 0.6 is 0 Å². The Labute approximate surface area is 166 Å². The molecule has 0 saturated carbocycles. The number of aromatic nitrogens is 2. The molecule has 0 spiro atoms. The summed E-state index contributed by atoms with van der Waals surface area (Å²) in [5.74, 6) is 1.05. The van der Waals surface area contributed by atoms with Crippen LogP contribution in [0.25, 0.3) is 0 Å². The number of aryl methyl sites for hydroxylation is 1. The van der Waals surface area contributed by atoms with E-state index in [0.29, 0.717) is 23.9 Å². The maximum Gasteiger partial charge on any atom is 0.277 e. The summed E-state index contributed by atoms with van der Waals surface area (Å²) in [5, 5.41) is 3.32. The Bertz CT molecular complexity index is 934. The smallest absolute Gasteiger partial charge is 0.277 e. The molecule has 0 aliphatic carbocycles. The van der Waals surface area contributed by atoms with Crippen LogP contribution in [0.2, 0.25) is 0 Å². The summed E-state index contributed by atoms with van der Waals surface area (Å²) in [7, 11) is 0. The normalized spacial score (nSPS) is 11.1. The molecule has 0 saturated heterocycles. The van der Waals surface area contributed by atoms with Crippen molar-refractivity contribution in [3.8, 4) is 0 Å². The second-order valence-corrected chi connectivity index (χ2v) is 7.77. The van der Waals surface area contributed by atoms with Crippen molar-refractivity contribution in [2.45, 2.75) is 39.8 Å². The number of hydrogen-bond acceptors (Lipinski definition) is 4. The molecule has 0 aliphatic heterocycles. The van der Waals surface area contributed by atoms with Gasteiger partial charge in [-0.25, -0.2) is 9.97 Å². The quantitative estimate of drug-likeness (QED) is 0.694. The van der Waals surface area contributed by atoms with Crippen molar-refractivity contribution in [1.82, 2.24) is 9.97 Å². The van der Waals surface area contributed by atoms with Gasteiger partial charge in [-0.1, -0.05) is 48.5 Å². The second kappa shape index (κ2) is 8.21. The monoisotopic (exact) mass is 374 g/mol. The van der Waals surface area contributed by atoms with E-state index in [9.17, 15) is 4.79 Å². The molecule has 0 aliphatic rings. The van der Waals surface area contributed by atoms with Gasteiger partial charge < -0.3 is 10.2 Å². The standard InChI is InChI=1S/C23H26N4O/c1-17-24-20(15-21(25-17)26-23(2,3)4)22(28)27(19-13-9-6-10-14-19)16-18-11-7-5-8-12-18/h5-15H,16H2,1-4H3,(H,24,25,26). The number of benzene rings is 2. The van der Waals surface area contributed by atoms with E-state index < -0.39 is 0 Å². The lowest BCUT2D eigenvalue weighted by molar-refractivity contribution is 0.0980. The number of carbonyl (C=O) groups excluding carboxylic acids is 1. The first-order valence-corrected chi connectivity index (χ1v) is 9.36. The molecule has 5 heteroatoms. The second-order valence-electron chi connectivity index (χ2n) is 7.77. The van der Waals surface area contributed by atoms with E-state index in [1.807, 2.05) is 60.7 Å². The number of rotatable bonds is 5. The van der Waals surface area contributed by atoms with Crippen LogP contribution < -0.4 is 10.2 Å². The van der Waals surface area contributed by atoms with E-state index in [1.54, 1.807) is 17.9 Å². The van der Waals surface area contributed by atoms with E-state index in [-0.39, 0.29) is 11.4 Å². The minimum absolute atomic E-state index is 0.155. The van der Waals surface area contributed by atoms with Gasteiger partial charge in [-0.3, -0.25) is 4.79 Å². The van der Waals surface area contributed by atoms with Gasteiger partial charge in [0.15, 0.2) is 0 Å². The Morgan fingerprint density at radius 1 is 0.964 bits per heavy atom. The third kappa shape index (κ3) is 5.16. The summed E-state index contributed by atoms with van der Waals surface area (Å²) in [4.78, 5) is 24.0. The van der Waals surface area contributed by atoms with Crippen molar-refractivity contribution in [2.75, 3.05) is 10.2 Å². The van der Waals surface area contributed by atoms with Gasteiger partial charge in [-0.15, -0.1) is 0 Å². The summed E-state index contributed by atoms with van der Waals surface area (Å²) in [6.07, 6.45) is 0. The average molecular weight is 374 g/mol. The fourth-order valence-electron chi connectivity index (χ4n) is 2.92. The number of carbonyl (C=O) groups is 1. The van der Waals surface area contributed by atoms with E-state index >= 15 is 0 Å². The van der Waals surface area contributed by atoms with Crippen molar-refractivity contribution in [3.63, 3.8) is 0 Å². The van der Waals surface area contributed by atoms with Gasteiger partial charge >= 0.3 is 0 Å². The first-order chi connectivity index (χ1) is 13.3. The van der Waals surface area contributed by atoms with Gasteiger partial charge in [-0.2, -0.15) is 0 Å². The molecule has 0 bridgehead atoms. The molecule has 3 aromatic rings. The highest BCUT2D eigenvalue weighted by molar-refractivity contribution is 6.05. The highest BCUT2D eigenvalue weighted by Gasteiger charge is 2.21. The van der Waals surface area contributed by atoms with Crippen LogP contribution in [0.15, 0.2) is 66.7 Å². The van der Waals surface area contributed by atoms with Gasteiger partial charge in [0.05, 0.1) is 6.54 Å². The largest absolute Gasteiger partial charge is 0.365 e. The summed E-state index contributed by atoms with van der Waals surface area (Å²) < 4.78 is 0. The number of hydrogen-bond donors (Lipinski definition) is 1. The van der Waals surface area contributed by atoms with Crippen LogP contribution in [-0.4, -0.2) is 21.4 Å². The maximum atomic E-state index is 13.4. The van der Waals surface area contributed by atoms with Crippen molar-refractivity contribution in [1.29, 1.82) is 0 Å². The molecular formula is C23H26N4O. The maximum absolute atomic E-state index is 13.4. The van der Waals surface area contributed by atoms with Crippen LogP contribution in [0.3, 0.4) is 0 Å². The summed E-state index contributed by atoms with van der Waals surface area (Å²) in [6, 6.07) is 21.3. The topological polar surface area (TPSA) is 58.1 Å². The average Bonchev–Trinajstić information content (AvgIpc) is 2.65. The van der Waals surface area contributed by atoms with E-state index in [2.05, 4.69) is 36.1 Å². The molecule has 1 heterocycles. The van der Waals surface area contributed by atoms with Crippen LogP contribution in [-0.2, 0) is 6.54 Å². The third-order valence-corrected chi connectivity index (χ3v) is 4.06. The SMILES string of the molecule is Cc1nc(NC(C)(C)C)cc(C(=O)N(Cc2ccccc2)c2ccccc2)n1. The minimum Gasteiger partial charge on any atom is -0.365 e. The van der Waals surface area contributed by atoms with Gasteiger partial charge in [0, 0.05) is 17.3 Å². The van der Waals surface area contributed by atoms with Crippen LogP contribution in [0.1, 0.15) is 42.6 Å². The lowest BCUT2D eigenvalue weighted by atomic mass is 10.1. The number of para-hydroxylation sites is 1. The van der Waals surface area contributed by atoms with Crippen molar-refractivity contribution >= 4 is 17.4 Å². The molecule has 28 heavy (non-hydrogen) atoms. The summed E-state index contributed by atoms with van der Waals surface area (Å²) >= 11 is 0. The molecule has 2 aromatic carbocycles. The van der Waals surface area contributed by atoms with Crippen LogP contribution in [0.5, 0.6) is 0 Å². The molecule has 0 unspecified atom stereocenters. The molecule has 1 aromatic heterocycles. The fourth-order valence-corrected chi connectivity index (χ4v) is 2.92. The van der Waals surface area contributed by atoms with Crippen molar-refractivity contribution in [2.24, 2.45) is 0 Å². The van der Waals surface area contributed by atoms with Gasteiger partial charge in [-0.05, 0) is 45.4 Å². The predicted molar refractivity (Wildman–Crippen MR) is 114 cm³/mol. The third-order valence-electron chi connectivity index (χ3n) is 4.06. The van der Waals surface area contributed by atoms with Crippen LogP contribution in [0, 0.1) is 6.92 Å². The van der Waals surface area contributed by atoms with E-state index in [4.69, 9.17) is 0 Å². The van der Waals surface area contributed by atoms with Gasteiger partial charge in [0.2, 0.25) is 0 Å². The molecule has 3 rings (SSSR count). The minimum atomic E-state index is -0.162. The fraction of sp³-hybridized carbons (Fsp3) is 0.261. The highest BCUT2D eigenvalue weighted by atomic mass is 16.2. The Balaban J connectivity index is 1.97. The zero-order valence-corrected chi connectivity index (χ0v) is 16.8. The molecule has 1 N–H and O–H groups in total. The first-order valence-electron chi connectivity index (χ1n) is 9.36. The van der Waals surface area contributed by atoms with E-state index in [0.717, 1.165) is 11.3 Å². The number of anilines is 2. The highest BCUT2D eigenvalue weighted by Crippen LogP contribution is 2.21. The number of nitrogens with one attached hydrogen (secondary N) is 1. The lowest BCUT2D eigenvalue weighted by Gasteiger charge is -2.24. The number of amides is 1. The summed E-state index contributed by atoms with van der Waals surface area (Å²) in [6.45, 7) is 8.43. The molecule has 0 atom stereocenters. The Kier molecular flexibility index (Phi) is 5.73.